The van der Waals surface area contributed by atoms with E-state index in [0.29, 0.717) is 39.6 Å². The molecule has 6 rings (SSSR count). The first-order valence-corrected chi connectivity index (χ1v) is 11.5. The monoisotopic (exact) mass is 459 g/mol. The maximum atomic E-state index is 13.8. The van der Waals surface area contributed by atoms with E-state index >= 15 is 0 Å². The standard InChI is InChI=1S/C25H22ClN5O2/c1-14-9-10-16(12-18(14)26)31-23-21(22-24(31)29-20-8-4-3-7-19(20)28-22)25(32)30(15(2)27-23)13-17-6-5-11-33-17/h3-4,7-10,12,17H,5-6,11,13H2,1-2H3. The Hall–Kier alpha value is -3.29. The van der Waals surface area contributed by atoms with Crippen molar-refractivity contribution in [2.24, 2.45) is 0 Å². The first-order chi connectivity index (χ1) is 16.0. The molecule has 0 aliphatic carbocycles. The van der Waals surface area contributed by atoms with Crippen molar-refractivity contribution in [3.8, 4) is 5.69 Å². The van der Waals surface area contributed by atoms with Crippen molar-refractivity contribution < 1.29 is 4.74 Å². The van der Waals surface area contributed by atoms with E-state index in [0.717, 1.165) is 41.7 Å². The largest absolute Gasteiger partial charge is 0.376 e. The zero-order valence-electron chi connectivity index (χ0n) is 18.4. The van der Waals surface area contributed by atoms with E-state index in [1.54, 1.807) is 4.57 Å². The third-order valence-electron chi connectivity index (χ3n) is 6.38. The van der Waals surface area contributed by atoms with Crippen LogP contribution in [0.3, 0.4) is 0 Å². The minimum atomic E-state index is -0.125. The van der Waals surface area contributed by atoms with E-state index in [2.05, 4.69) is 0 Å². The molecule has 1 saturated heterocycles. The fourth-order valence-corrected chi connectivity index (χ4v) is 4.78. The number of para-hydroxylation sites is 2. The Morgan fingerprint density at radius 1 is 1.06 bits per heavy atom. The average molecular weight is 460 g/mol. The van der Waals surface area contributed by atoms with Gasteiger partial charge in [0.1, 0.15) is 16.7 Å². The molecule has 4 heterocycles. The minimum Gasteiger partial charge on any atom is -0.376 e. The van der Waals surface area contributed by atoms with Gasteiger partial charge in [0.15, 0.2) is 11.3 Å². The Labute approximate surface area is 194 Å². The van der Waals surface area contributed by atoms with Gasteiger partial charge in [-0.15, -0.1) is 0 Å². The summed E-state index contributed by atoms with van der Waals surface area (Å²) in [5.74, 6) is 0.634. The summed E-state index contributed by atoms with van der Waals surface area (Å²) in [5.41, 5.74) is 4.78. The summed E-state index contributed by atoms with van der Waals surface area (Å²) < 4.78 is 9.39. The number of hydrogen-bond acceptors (Lipinski definition) is 5. The number of hydrogen-bond donors (Lipinski definition) is 0. The van der Waals surface area contributed by atoms with Crippen molar-refractivity contribution in [1.29, 1.82) is 0 Å². The molecule has 0 bridgehead atoms. The first kappa shape index (κ1) is 20.3. The molecule has 0 spiro atoms. The maximum Gasteiger partial charge on any atom is 0.265 e. The van der Waals surface area contributed by atoms with Gasteiger partial charge in [-0.05, 0) is 56.5 Å². The quantitative estimate of drug-likeness (QED) is 0.390. The number of benzene rings is 2. The van der Waals surface area contributed by atoms with Gasteiger partial charge in [0.05, 0.1) is 29.4 Å². The SMILES string of the molecule is Cc1ccc(-n2c3nc4ccccc4nc3c3c(=O)n(CC4CCCO4)c(C)nc32)cc1Cl. The molecule has 0 amide bonds. The zero-order chi connectivity index (χ0) is 22.7. The van der Waals surface area contributed by atoms with Gasteiger partial charge in [-0.3, -0.25) is 13.9 Å². The second-order valence-electron chi connectivity index (χ2n) is 8.56. The Balaban J connectivity index is 1.72. The lowest BCUT2D eigenvalue weighted by atomic mass is 10.2. The van der Waals surface area contributed by atoms with Gasteiger partial charge in [-0.25, -0.2) is 15.0 Å². The van der Waals surface area contributed by atoms with Gasteiger partial charge in [-0.1, -0.05) is 29.8 Å². The highest BCUT2D eigenvalue weighted by Crippen LogP contribution is 2.30. The molecular weight excluding hydrogens is 438 g/mol. The van der Waals surface area contributed by atoms with Crippen molar-refractivity contribution in [3.05, 3.63) is 69.2 Å². The molecule has 8 heteroatoms. The topological polar surface area (TPSA) is 74.8 Å². The highest BCUT2D eigenvalue weighted by molar-refractivity contribution is 6.31. The van der Waals surface area contributed by atoms with Crippen LogP contribution in [-0.4, -0.2) is 36.8 Å². The van der Waals surface area contributed by atoms with Crippen molar-refractivity contribution in [1.82, 2.24) is 24.1 Å². The number of rotatable bonds is 3. The van der Waals surface area contributed by atoms with E-state index in [1.165, 1.54) is 0 Å². The van der Waals surface area contributed by atoms with Crippen LogP contribution < -0.4 is 5.56 Å². The van der Waals surface area contributed by atoms with E-state index in [4.69, 9.17) is 31.3 Å². The Bertz CT molecular complexity index is 1620. The van der Waals surface area contributed by atoms with Crippen LogP contribution in [0.4, 0.5) is 0 Å². The second-order valence-corrected chi connectivity index (χ2v) is 8.97. The number of aryl methyl sites for hydroxylation is 2. The third kappa shape index (κ3) is 3.22. The predicted molar refractivity (Wildman–Crippen MR) is 129 cm³/mol. The van der Waals surface area contributed by atoms with Crippen LogP contribution in [0.5, 0.6) is 0 Å². The molecular formula is C25H22ClN5O2. The smallest absolute Gasteiger partial charge is 0.265 e. The van der Waals surface area contributed by atoms with Crippen LogP contribution in [0.1, 0.15) is 24.2 Å². The minimum absolute atomic E-state index is 0.0248. The maximum absolute atomic E-state index is 13.8. The molecule has 0 radical (unpaired) electrons. The average Bonchev–Trinajstić information content (AvgIpc) is 3.42. The fraction of sp³-hybridized carbons (Fsp3) is 0.280. The molecule has 1 fully saturated rings. The van der Waals surface area contributed by atoms with Crippen molar-refractivity contribution in [3.63, 3.8) is 0 Å². The molecule has 3 aromatic heterocycles. The zero-order valence-corrected chi connectivity index (χ0v) is 19.1. The molecule has 7 nitrogen and oxygen atoms in total. The summed E-state index contributed by atoms with van der Waals surface area (Å²) in [7, 11) is 0. The Morgan fingerprint density at radius 3 is 2.58 bits per heavy atom. The Morgan fingerprint density at radius 2 is 1.85 bits per heavy atom. The van der Waals surface area contributed by atoms with E-state index in [9.17, 15) is 4.79 Å². The molecule has 0 saturated carbocycles. The van der Waals surface area contributed by atoms with Crippen LogP contribution in [0.15, 0.2) is 47.3 Å². The highest BCUT2D eigenvalue weighted by atomic mass is 35.5. The van der Waals surface area contributed by atoms with Gasteiger partial charge >= 0.3 is 0 Å². The molecule has 166 valence electrons. The molecule has 0 N–H and O–H groups in total. The summed E-state index contributed by atoms with van der Waals surface area (Å²) in [6.45, 7) is 5.03. The molecule has 5 aromatic rings. The van der Waals surface area contributed by atoms with E-state index in [1.807, 2.05) is 60.9 Å². The number of nitrogens with zero attached hydrogens (tertiary/aromatic N) is 5. The summed E-state index contributed by atoms with van der Waals surface area (Å²) in [4.78, 5) is 28.4. The Kier molecular flexibility index (Phi) is 4.71. The van der Waals surface area contributed by atoms with Crippen molar-refractivity contribution >= 4 is 44.8 Å². The molecule has 1 aliphatic rings. The van der Waals surface area contributed by atoms with Gasteiger partial charge in [0, 0.05) is 11.6 Å². The van der Waals surface area contributed by atoms with Gasteiger partial charge in [0.2, 0.25) is 0 Å². The van der Waals surface area contributed by atoms with Crippen LogP contribution in [-0.2, 0) is 11.3 Å². The lowest BCUT2D eigenvalue weighted by Gasteiger charge is -2.14. The van der Waals surface area contributed by atoms with Crippen LogP contribution in [0.25, 0.3) is 38.9 Å². The molecule has 2 aromatic carbocycles. The summed E-state index contributed by atoms with van der Waals surface area (Å²) in [6.07, 6.45) is 1.98. The van der Waals surface area contributed by atoms with Gasteiger partial charge in [0.25, 0.3) is 5.56 Å². The van der Waals surface area contributed by atoms with Gasteiger partial charge in [-0.2, -0.15) is 0 Å². The van der Waals surface area contributed by atoms with E-state index in [-0.39, 0.29) is 11.7 Å². The fourth-order valence-electron chi connectivity index (χ4n) is 4.60. The highest BCUT2D eigenvalue weighted by Gasteiger charge is 2.24. The summed E-state index contributed by atoms with van der Waals surface area (Å²) in [5, 5.41) is 1.10. The lowest BCUT2D eigenvalue weighted by molar-refractivity contribution is 0.0955. The van der Waals surface area contributed by atoms with E-state index < -0.39 is 0 Å². The normalized spacial score (nSPS) is 16.4. The van der Waals surface area contributed by atoms with Crippen molar-refractivity contribution in [2.45, 2.75) is 39.3 Å². The third-order valence-corrected chi connectivity index (χ3v) is 6.78. The lowest BCUT2D eigenvalue weighted by Crippen LogP contribution is -2.29. The first-order valence-electron chi connectivity index (χ1n) is 11.1. The predicted octanol–water partition coefficient (Wildman–Crippen LogP) is 4.73. The second kappa shape index (κ2) is 7.64. The molecule has 1 aliphatic heterocycles. The number of aromatic nitrogens is 5. The van der Waals surface area contributed by atoms with Crippen molar-refractivity contribution in [2.75, 3.05) is 6.61 Å². The van der Waals surface area contributed by atoms with Crippen LogP contribution in [0, 0.1) is 13.8 Å². The van der Waals surface area contributed by atoms with Crippen LogP contribution in [0.2, 0.25) is 5.02 Å². The summed E-state index contributed by atoms with van der Waals surface area (Å²) in [6, 6.07) is 13.5. The summed E-state index contributed by atoms with van der Waals surface area (Å²) >= 11 is 6.46. The number of halogens is 1. The molecule has 1 unspecified atom stereocenters. The molecule has 33 heavy (non-hydrogen) atoms. The van der Waals surface area contributed by atoms with Gasteiger partial charge < -0.3 is 4.74 Å². The number of fused-ring (bicyclic) bond motifs is 4. The van der Waals surface area contributed by atoms with Crippen LogP contribution >= 0.6 is 11.6 Å². The molecule has 1 atom stereocenters. The number of ether oxygens (including phenoxy) is 1.